The second-order valence-corrected chi connectivity index (χ2v) is 5.19. The van der Waals surface area contributed by atoms with Crippen LogP contribution < -0.4 is 10.3 Å². The number of benzene rings is 1. The summed E-state index contributed by atoms with van der Waals surface area (Å²) < 4.78 is 59.7. The van der Waals surface area contributed by atoms with Crippen LogP contribution in [0.4, 0.5) is 18.9 Å². The maximum atomic E-state index is 12.2. The van der Waals surface area contributed by atoms with Crippen LogP contribution in [0.15, 0.2) is 29.3 Å². The molecule has 1 aromatic carbocycles. The number of anilines is 1. The molecule has 0 aliphatic carbocycles. The lowest BCUT2D eigenvalue weighted by molar-refractivity contribution is -0.0429. The number of H-pyrrole nitrogens is 1. The number of alkyl halides is 3. The Balaban J connectivity index is 2.49. The van der Waals surface area contributed by atoms with Crippen molar-refractivity contribution in [1.82, 2.24) is 9.97 Å². The van der Waals surface area contributed by atoms with Crippen molar-refractivity contribution in [2.45, 2.75) is 5.51 Å². The van der Waals surface area contributed by atoms with Crippen LogP contribution in [0.3, 0.4) is 0 Å². The zero-order chi connectivity index (χ0) is 14.3. The minimum Gasteiger partial charge on any atom is -0.313 e. The molecular weight excluding hydrogens is 287 g/mol. The monoisotopic (exact) mass is 293 g/mol. The minimum atomic E-state index is -5.51. The molecule has 10 heteroatoms. The Labute approximate surface area is 104 Å². The highest BCUT2D eigenvalue weighted by Crippen LogP contribution is 2.26. The third-order valence-electron chi connectivity index (χ3n) is 2.20. The van der Waals surface area contributed by atoms with Crippen LogP contribution in [0.1, 0.15) is 0 Å². The van der Waals surface area contributed by atoms with E-state index in [-0.39, 0.29) is 16.6 Å². The number of hydrogen-bond acceptors (Lipinski definition) is 4. The van der Waals surface area contributed by atoms with E-state index in [1.54, 1.807) is 0 Å². The highest BCUT2D eigenvalue weighted by atomic mass is 32.2. The number of aromatic amines is 1. The molecule has 0 aliphatic rings. The van der Waals surface area contributed by atoms with Crippen molar-refractivity contribution in [2.24, 2.45) is 0 Å². The van der Waals surface area contributed by atoms with Gasteiger partial charge in [-0.05, 0) is 18.2 Å². The highest BCUT2D eigenvalue weighted by Gasteiger charge is 2.46. The summed E-state index contributed by atoms with van der Waals surface area (Å²) in [5.41, 5.74) is -6.15. The van der Waals surface area contributed by atoms with Crippen molar-refractivity contribution in [3.8, 4) is 0 Å². The minimum absolute atomic E-state index is 0.0233. The van der Waals surface area contributed by atoms with Gasteiger partial charge in [-0.25, -0.2) is 4.98 Å². The molecule has 0 aliphatic heterocycles. The van der Waals surface area contributed by atoms with Crippen LogP contribution in [0.2, 0.25) is 0 Å². The van der Waals surface area contributed by atoms with Gasteiger partial charge in [0.2, 0.25) is 0 Å². The second-order valence-electron chi connectivity index (χ2n) is 3.51. The van der Waals surface area contributed by atoms with Crippen molar-refractivity contribution in [3.05, 3.63) is 34.9 Å². The van der Waals surface area contributed by atoms with Crippen LogP contribution in [0.25, 0.3) is 10.9 Å². The number of halogens is 3. The first-order valence-corrected chi connectivity index (χ1v) is 6.25. The topological polar surface area (TPSA) is 91.9 Å². The number of aromatic nitrogens is 2. The lowest BCUT2D eigenvalue weighted by Gasteiger charge is -2.10. The molecule has 102 valence electrons. The normalized spacial score (nSPS) is 12.6. The van der Waals surface area contributed by atoms with Crippen LogP contribution in [0, 0.1) is 0 Å². The quantitative estimate of drug-likeness (QED) is 0.869. The van der Waals surface area contributed by atoms with E-state index in [1.165, 1.54) is 10.8 Å². The van der Waals surface area contributed by atoms with Gasteiger partial charge < -0.3 is 4.98 Å². The fourth-order valence-electron chi connectivity index (χ4n) is 1.35. The van der Waals surface area contributed by atoms with Gasteiger partial charge in [0.15, 0.2) is 0 Å². The molecule has 0 amide bonds. The molecule has 0 unspecified atom stereocenters. The molecule has 2 aromatic rings. The SMILES string of the molecule is O=c1[nH]cnc2ccc(NS(=O)(=O)C(F)(F)F)cc12. The Morgan fingerprint density at radius 1 is 1.26 bits per heavy atom. The van der Waals surface area contributed by atoms with E-state index in [0.717, 1.165) is 18.5 Å². The number of sulfonamides is 1. The van der Waals surface area contributed by atoms with Gasteiger partial charge in [0.25, 0.3) is 5.56 Å². The Morgan fingerprint density at radius 3 is 2.58 bits per heavy atom. The summed E-state index contributed by atoms with van der Waals surface area (Å²) in [5.74, 6) is 0. The summed E-state index contributed by atoms with van der Waals surface area (Å²) in [6, 6.07) is 3.29. The molecule has 0 saturated heterocycles. The molecule has 0 bridgehead atoms. The number of fused-ring (bicyclic) bond motifs is 1. The first-order valence-electron chi connectivity index (χ1n) is 4.77. The molecule has 2 rings (SSSR count). The molecule has 19 heavy (non-hydrogen) atoms. The maximum Gasteiger partial charge on any atom is 0.516 e. The van der Waals surface area contributed by atoms with Gasteiger partial charge in [0.05, 0.1) is 17.2 Å². The molecule has 1 heterocycles. The van der Waals surface area contributed by atoms with Crippen LogP contribution in [-0.2, 0) is 10.0 Å². The molecule has 0 spiro atoms. The Kier molecular flexibility index (Phi) is 2.97. The third kappa shape index (κ3) is 2.52. The molecule has 1 aromatic heterocycles. The predicted molar refractivity (Wildman–Crippen MR) is 61.0 cm³/mol. The molecule has 0 saturated carbocycles. The average molecular weight is 293 g/mol. The summed E-state index contributed by atoms with van der Waals surface area (Å²) in [5, 5.41) is -0.0233. The van der Waals surface area contributed by atoms with E-state index in [0.29, 0.717) is 0 Å². The largest absolute Gasteiger partial charge is 0.516 e. The van der Waals surface area contributed by atoms with Gasteiger partial charge in [0.1, 0.15) is 0 Å². The number of rotatable bonds is 2. The van der Waals surface area contributed by atoms with Crippen molar-refractivity contribution in [3.63, 3.8) is 0 Å². The van der Waals surface area contributed by atoms with Gasteiger partial charge >= 0.3 is 15.5 Å². The molecule has 2 N–H and O–H groups in total. The van der Waals surface area contributed by atoms with Gasteiger partial charge in [-0.2, -0.15) is 21.6 Å². The summed E-state index contributed by atoms with van der Waals surface area (Å²) in [7, 11) is -5.51. The van der Waals surface area contributed by atoms with E-state index in [2.05, 4.69) is 9.97 Å². The summed E-state index contributed by atoms with van der Waals surface area (Å²) in [6.45, 7) is 0. The van der Waals surface area contributed by atoms with Crippen LogP contribution >= 0.6 is 0 Å². The first-order chi connectivity index (χ1) is 8.71. The standard InChI is InChI=1S/C9H6F3N3O3S/c10-9(11,12)19(17,18)15-5-1-2-7-6(3-5)8(16)14-4-13-7/h1-4,15H,(H,13,14,16). The van der Waals surface area contributed by atoms with E-state index < -0.39 is 21.1 Å². The predicted octanol–water partition coefficient (Wildman–Crippen LogP) is 1.18. The van der Waals surface area contributed by atoms with Crippen LogP contribution in [0.5, 0.6) is 0 Å². The van der Waals surface area contributed by atoms with Gasteiger partial charge in [0, 0.05) is 5.69 Å². The van der Waals surface area contributed by atoms with E-state index in [1.807, 2.05) is 0 Å². The number of nitrogens with zero attached hydrogens (tertiary/aromatic N) is 1. The second kappa shape index (κ2) is 4.23. The summed E-state index contributed by atoms with van der Waals surface area (Å²) in [6.07, 6.45) is 1.13. The Morgan fingerprint density at radius 2 is 1.95 bits per heavy atom. The number of hydrogen-bond donors (Lipinski definition) is 2. The van der Waals surface area contributed by atoms with Crippen molar-refractivity contribution in [1.29, 1.82) is 0 Å². The average Bonchev–Trinajstić information content (AvgIpc) is 2.28. The van der Waals surface area contributed by atoms with E-state index in [9.17, 15) is 26.4 Å². The molecular formula is C9H6F3N3O3S. The lowest BCUT2D eigenvalue weighted by Crippen LogP contribution is -2.29. The molecule has 0 fully saturated rings. The summed E-state index contributed by atoms with van der Waals surface area (Å²) in [4.78, 5) is 17.4. The maximum absolute atomic E-state index is 12.2. The zero-order valence-corrected chi connectivity index (χ0v) is 9.84. The Bertz CT molecular complexity index is 782. The van der Waals surface area contributed by atoms with Gasteiger partial charge in [-0.1, -0.05) is 0 Å². The number of nitrogens with one attached hydrogen (secondary N) is 2. The molecule has 0 atom stereocenters. The zero-order valence-electron chi connectivity index (χ0n) is 9.02. The van der Waals surface area contributed by atoms with Gasteiger partial charge in [-0.3, -0.25) is 9.52 Å². The van der Waals surface area contributed by atoms with Crippen molar-refractivity contribution >= 4 is 26.6 Å². The highest BCUT2D eigenvalue weighted by molar-refractivity contribution is 7.93. The van der Waals surface area contributed by atoms with E-state index in [4.69, 9.17) is 0 Å². The van der Waals surface area contributed by atoms with Crippen molar-refractivity contribution < 1.29 is 21.6 Å². The first kappa shape index (κ1) is 13.3. The van der Waals surface area contributed by atoms with Gasteiger partial charge in [-0.15, -0.1) is 0 Å². The van der Waals surface area contributed by atoms with E-state index >= 15 is 0 Å². The molecule has 0 radical (unpaired) electrons. The smallest absolute Gasteiger partial charge is 0.313 e. The Hall–Kier alpha value is -2.10. The lowest BCUT2D eigenvalue weighted by atomic mass is 10.2. The van der Waals surface area contributed by atoms with Crippen molar-refractivity contribution in [2.75, 3.05) is 4.72 Å². The fraction of sp³-hybridized carbons (Fsp3) is 0.111. The summed E-state index contributed by atoms with van der Waals surface area (Å²) >= 11 is 0. The molecule has 6 nitrogen and oxygen atoms in total. The fourth-order valence-corrected chi connectivity index (χ4v) is 1.90. The van der Waals surface area contributed by atoms with Crippen LogP contribution in [-0.4, -0.2) is 23.9 Å². The third-order valence-corrected chi connectivity index (χ3v) is 3.31.